The van der Waals surface area contributed by atoms with Crippen LogP contribution in [0.25, 0.3) is 0 Å². The Kier molecular flexibility index (Phi) is 3.52. The first-order chi connectivity index (χ1) is 7.79. The van der Waals surface area contributed by atoms with Crippen molar-refractivity contribution in [3.8, 4) is 0 Å². The van der Waals surface area contributed by atoms with E-state index in [1.54, 1.807) is 6.33 Å². The molecule has 2 rings (SSSR count). The monoisotopic (exact) mass is 242 g/mol. The first kappa shape index (κ1) is 11.1. The Bertz CT molecular complexity index is 345. The van der Waals surface area contributed by atoms with Crippen LogP contribution in [0.15, 0.2) is 11.5 Å². The van der Waals surface area contributed by atoms with E-state index in [1.807, 2.05) is 0 Å². The van der Waals surface area contributed by atoms with Gasteiger partial charge in [-0.05, 0) is 0 Å². The van der Waals surface area contributed by atoms with E-state index in [9.17, 15) is 0 Å². The highest BCUT2D eigenvalue weighted by Crippen LogP contribution is 2.16. The van der Waals surface area contributed by atoms with Crippen molar-refractivity contribution in [3.63, 3.8) is 0 Å². The summed E-state index contributed by atoms with van der Waals surface area (Å²) in [6, 6.07) is 0. The molecule has 0 spiro atoms. The second-order valence-corrected chi connectivity index (χ2v) is 4.34. The largest absolute Gasteiger partial charge is 0.409 e. The highest BCUT2D eigenvalue weighted by atomic mass is 32.1. The van der Waals surface area contributed by atoms with Gasteiger partial charge in [0.2, 0.25) is 5.13 Å². The maximum absolute atomic E-state index is 8.48. The lowest BCUT2D eigenvalue weighted by atomic mass is 10.3. The molecule has 88 valence electrons. The Morgan fingerprint density at radius 2 is 2.25 bits per heavy atom. The summed E-state index contributed by atoms with van der Waals surface area (Å²) in [5.41, 5.74) is 5.46. The molecule has 1 saturated heterocycles. The molecule has 1 fully saturated rings. The lowest BCUT2D eigenvalue weighted by Gasteiger charge is -2.33. The van der Waals surface area contributed by atoms with E-state index in [0.717, 1.165) is 31.3 Å². The molecule has 0 bridgehead atoms. The summed E-state index contributed by atoms with van der Waals surface area (Å²) in [6.45, 7) is 4.08. The SMILES string of the molecule is NC(CN1CCN(c2ncns2)CC1)=NO. The number of oxime groups is 1. The van der Waals surface area contributed by atoms with Crippen molar-refractivity contribution in [1.82, 2.24) is 14.3 Å². The molecule has 7 nitrogen and oxygen atoms in total. The molecule has 1 aliphatic heterocycles. The van der Waals surface area contributed by atoms with E-state index < -0.39 is 0 Å². The van der Waals surface area contributed by atoms with Crippen molar-refractivity contribution in [1.29, 1.82) is 0 Å². The topological polar surface area (TPSA) is 90.9 Å². The summed E-state index contributed by atoms with van der Waals surface area (Å²) in [7, 11) is 0. The van der Waals surface area contributed by atoms with Gasteiger partial charge in [-0.3, -0.25) is 4.90 Å². The standard InChI is InChI=1S/C8H14N6OS/c9-7(12-15)5-13-1-3-14(4-2-13)8-10-6-11-16-8/h6,15H,1-5H2,(H2,9,12). The van der Waals surface area contributed by atoms with Crippen LogP contribution >= 0.6 is 11.5 Å². The average molecular weight is 242 g/mol. The van der Waals surface area contributed by atoms with Crippen LogP contribution in [0, 0.1) is 0 Å². The number of hydrogen-bond donors (Lipinski definition) is 2. The number of anilines is 1. The molecule has 16 heavy (non-hydrogen) atoms. The molecular weight excluding hydrogens is 228 g/mol. The van der Waals surface area contributed by atoms with Crippen LogP contribution in [0.3, 0.4) is 0 Å². The van der Waals surface area contributed by atoms with E-state index in [1.165, 1.54) is 11.5 Å². The van der Waals surface area contributed by atoms with Crippen molar-refractivity contribution >= 4 is 22.5 Å². The number of nitrogens with two attached hydrogens (primary N) is 1. The first-order valence-corrected chi connectivity index (χ1v) is 5.77. The molecule has 2 heterocycles. The molecule has 3 N–H and O–H groups in total. The number of hydrogen-bond acceptors (Lipinski definition) is 7. The van der Waals surface area contributed by atoms with Gasteiger partial charge in [0.1, 0.15) is 6.33 Å². The van der Waals surface area contributed by atoms with Crippen LogP contribution in [0.4, 0.5) is 5.13 Å². The second-order valence-electron chi connectivity index (χ2n) is 3.58. The first-order valence-electron chi connectivity index (χ1n) is 5.00. The minimum Gasteiger partial charge on any atom is -0.409 e. The molecule has 0 amide bonds. The van der Waals surface area contributed by atoms with Gasteiger partial charge >= 0.3 is 0 Å². The van der Waals surface area contributed by atoms with Crippen LogP contribution in [-0.2, 0) is 0 Å². The van der Waals surface area contributed by atoms with Gasteiger partial charge < -0.3 is 15.8 Å². The minimum atomic E-state index is 0.254. The van der Waals surface area contributed by atoms with Crippen LogP contribution in [0.5, 0.6) is 0 Å². The number of nitrogens with zero attached hydrogens (tertiary/aromatic N) is 5. The van der Waals surface area contributed by atoms with E-state index in [4.69, 9.17) is 10.9 Å². The number of piperazine rings is 1. The van der Waals surface area contributed by atoms with Gasteiger partial charge in [0.25, 0.3) is 0 Å². The molecule has 0 aliphatic carbocycles. The third-order valence-electron chi connectivity index (χ3n) is 2.51. The normalized spacial score (nSPS) is 19.0. The van der Waals surface area contributed by atoms with Crippen molar-refractivity contribution in [2.24, 2.45) is 10.9 Å². The zero-order valence-corrected chi connectivity index (χ0v) is 9.60. The summed E-state index contributed by atoms with van der Waals surface area (Å²) in [6.07, 6.45) is 1.57. The number of amidine groups is 1. The van der Waals surface area contributed by atoms with E-state index in [2.05, 4.69) is 24.3 Å². The lowest BCUT2D eigenvalue weighted by Crippen LogP contribution is -2.48. The maximum Gasteiger partial charge on any atom is 0.205 e. The second kappa shape index (κ2) is 5.08. The Hall–Kier alpha value is -1.41. The van der Waals surface area contributed by atoms with Crippen LogP contribution < -0.4 is 10.6 Å². The molecule has 0 radical (unpaired) electrons. The van der Waals surface area contributed by atoms with E-state index >= 15 is 0 Å². The quantitative estimate of drug-likeness (QED) is 0.318. The van der Waals surface area contributed by atoms with E-state index in [-0.39, 0.29) is 5.84 Å². The van der Waals surface area contributed by atoms with Crippen molar-refractivity contribution in [2.75, 3.05) is 37.6 Å². The van der Waals surface area contributed by atoms with Gasteiger partial charge in [-0.15, -0.1) is 0 Å². The third-order valence-corrected chi connectivity index (χ3v) is 3.23. The Labute approximate surface area is 97.3 Å². The summed E-state index contributed by atoms with van der Waals surface area (Å²) < 4.78 is 3.98. The van der Waals surface area contributed by atoms with Gasteiger partial charge in [-0.2, -0.15) is 4.37 Å². The molecule has 0 aromatic carbocycles. The highest BCUT2D eigenvalue weighted by Gasteiger charge is 2.19. The maximum atomic E-state index is 8.48. The summed E-state index contributed by atoms with van der Waals surface area (Å²) in [5.74, 6) is 0.254. The number of aromatic nitrogens is 2. The van der Waals surface area contributed by atoms with E-state index in [0.29, 0.717) is 6.54 Å². The molecule has 0 saturated carbocycles. The van der Waals surface area contributed by atoms with Gasteiger partial charge in [0.05, 0.1) is 6.54 Å². The molecule has 0 unspecified atom stereocenters. The van der Waals surface area contributed by atoms with Gasteiger partial charge in [0.15, 0.2) is 5.84 Å². The third kappa shape index (κ3) is 2.58. The van der Waals surface area contributed by atoms with Crippen LogP contribution in [0.2, 0.25) is 0 Å². The Morgan fingerprint density at radius 3 is 2.81 bits per heavy atom. The predicted molar refractivity (Wildman–Crippen MR) is 62.0 cm³/mol. The highest BCUT2D eigenvalue weighted by molar-refractivity contribution is 7.09. The fraction of sp³-hybridized carbons (Fsp3) is 0.625. The molecule has 1 aliphatic rings. The zero-order valence-electron chi connectivity index (χ0n) is 8.78. The Morgan fingerprint density at radius 1 is 1.50 bits per heavy atom. The smallest absolute Gasteiger partial charge is 0.205 e. The van der Waals surface area contributed by atoms with Gasteiger partial charge in [0, 0.05) is 37.7 Å². The molecular formula is C8H14N6OS. The summed E-state index contributed by atoms with van der Waals surface area (Å²) in [4.78, 5) is 8.51. The fourth-order valence-corrected chi connectivity index (χ4v) is 2.25. The summed E-state index contributed by atoms with van der Waals surface area (Å²) in [5, 5.41) is 12.4. The van der Waals surface area contributed by atoms with Crippen molar-refractivity contribution in [2.45, 2.75) is 0 Å². The van der Waals surface area contributed by atoms with Gasteiger partial charge in [-0.25, -0.2) is 4.98 Å². The minimum absolute atomic E-state index is 0.254. The van der Waals surface area contributed by atoms with Crippen molar-refractivity contribution < 1.29 is 5.21 Å². The summed E-state index contributed by atoms with van der Waals surface area (Å²) >= 11 is 1.41. The zero-order chi connectivity index (χ0) is 11.4. The van der Waals surface area contributed by atoms with Gasteiger partial charge in [-0.1, -0.05) is 5.16 Å². The Balaban J connectivity index is 1.83. The molecule has 1 aromatic heterocycles. The van der Waals surface area contributed by atoms with Crippen LogP contribution in [0.1, 0.15) is 0 Å². The molecule has 0 atom stereocenters. The number of rotatable bonds is 3. The van der Waals surface area contributed by atoms with Crippen LogP contribution in [-0.4, -0.2) is 58.0 Å². The van der Waals surface area contributed by atoms with Crippen molar-refractivity contribution in [3.05, 3.63) is 6.33 Å². The molecule has 8 heteroatoms. The predicted octanol–water partition coefficient (Wildman–Crippen LogP) is -0.594. The fourth-order valence-electron chi connectivity index (χ4n) is 1.66. The average Bonchev–Trinajstić information content (AvgIpc) is 2.83. The molecule has 1 aromatic rings. The lowest BCUT2D eigenvalue weighted by molar-refractivity contribution is 0.278.